The number of unbranched alkanes of at least 4 members (excludes halogenated alkanes) is 1. The lowest BCUT2D eigenvalue weighted by atomic mass is 9.72. The highest BCUT2D eigenvalue weighted by Crippen LogP contribution is 2.52. The molecule has 3 aromatic rings. The molecule has 0 radical (unpaired) electrons. The summed E-state index contributed by atoms with van der Waals surface area (Å²) in [6.07, 6.45) is 3.74. The first-order valence-electron chi connectivity index (χ1n) is 10.0. The second-order valence-corrected chi connectivity index (χ2v) is 7.61. The van der Waals surface area contributed by atoms with Gasteiger partial charge in [-0.25, -0.2) is 4.68 Å². The summed E-state index contributed by atoms with van der Waals surface area (Å²) in [6.45, 7) is 2.76. The highest BCUT2D eigenvalue weighted by atomic mass is 16.2. The highest BCUT2D eigenvalue weighted by molar-refractivity contribution is 6.15. The molecule has 2 aliphatic heterocycles. The predicted molar refractivity (Wildman–Crippen MR) is 111 cm³/mol. The monoisotopic (exact) mass is 386 g/mol. The van der Waals surface area contributed by atoms with E-state index in [-0.39, 0.29) is 18.2 Å². The van der Waals surface area contributed by atoms with Crippen molar-refractivity contribution < 1.29 is 9.59 Å². The lowest BCUT2D eigenvalue weighted by Crippen LogP contribution is -2.46. The summed E-state index contributed by atoms with van der Waals surface area (Å²) in [4.78, 5) is 28.5. The minimum atomic E-state index is -1.02. The highest BCUT2D eigenvalue weighted by Gasteiger charge is 2.56. The van der Waals surface area contributed by atoms with Crippen LogP contribution in [0.15, 0.2) is 60.8 Å². The van der Waals surface area contributed by atoms with Crippen molar-refractivity contribution >= 4 is 23.3 Å². The normalized spacial score (nSPS) is 20.0. The number of carbonyl (C=O) groups excluding carboxylic acids is 2. The molecule has 0 saturated carbocycles. The first kappa shape index (κ1) is 17.7. The van der Waals surface area contributed by atoms with Crippen LogP contribution in [0.2, 0.25) is 0 Å². The van der Waals surface area contributed by atoms with Crippen LogP contribution in [-0.2, 0) is 15.0 Å². The Kier molecular flexibility index (Phi) is 4.01. The zero-order chi connectivity index (χ0) is 20.0. The quantitative estimate of drug-likeness (QED) is 0.744. The van der Waals surface area contributed by atoms with E-state index in [0.717, 1.165) is 35.3 Å². The molecule has 6 nitrogen and oxygen atoms in total. The maximum absolute atomic E-state index is 13.8. The predicted octanol–water partition coefficient (Wildman–Crippen LogP) is 3.65. The van der Waals surface area contributed by atoms with E-state index in [2.05, 4.69) is 17.3 Å². The number of benzene rings is 2. The minimum Gasteiger partial charge on any atom is -0.311 e. The Hall–Kier alpha value is -3.41. The van der Waals surface area contributed by atoms with Crippen LogP contribution in [0.3, 0.4) is 0 Å². The molecule has 1 atom stereocenters. The smallest absolute Gasteiger partial charge is 0.242 e. The molecule has 2 aromatic carbocycles. The van der Waals surface area contributed by atoms with Gasteiger partial charge in [0.15, 0.2) is 0 Å². The largest absolute Gasteiger partial charge is 0.311 e. The molecule has 0 saturated heterocycles. The molecule has 5 rings (SSSR count). The molecule has 0 bridgehead atoms. The van der Waals surface area contributed by atoms with Gasteiger partial charge in [-0.05, 0) is 30.2 Å². The van der Waals surface area contributed by atoms with Crippen LogP contribution in [0, 0.1) is 0 Å². The van der Waals surface area contributed by atoms with E-state index >= 15 is 0 Å². The molecular weight excluding hydrogens is 364 g/mol. The van der Waals surface area contributed by atoms with Crippen LogP contribution in [-0.4, -0.2) is 28.1 Å². The summed E-state index contributed by atoms with van der Waals surface area (Å²) in [5, 5.41) is 7.51. The van der Waals surface area contributed by atoms with E-state index in [1.54, 1.807) is 10.9 Å². The third kappa shape index (κ3) is 2.45. The second kappa shape index (κ2) is 6.58. The summed E-state index contributed by atoms with van der Waals surface area (Å²) < 4.78 is 1.71. The third-order valence-electron chi connectivity index (χ3n) is 5.91. The van der Waals surface area contributed by atoms with Gasteiger partial charge in [-0.3, -0.25) is 9.59 Å². The Bertz CT molecular complexity index is 1110. The summed E-state index contributed by atoms with van der Waals surface area (Å²) in [5.74, 6) is 0.375. The van der Waals surface area contributed by atoms with Crippen molar-refractivity contribution in [3.63, 3.8) is 0 Å². The zero-order valence-corrected chi connectivity index (χ0v) is 16.3. The van der Waals surface area contributed by atoms with Gasteiger partial charge in [-0.2, -0.15) is 5.10 Å². The van der Waals surface area contributed by atoms with Gasteiger partial charge in [0.1, 0.15) is 11.2 Å². The second-order valence-electron chi connectivity index (χ2n) is 7.61. The van der Waals surface area contributed by atoms with Crippen molar-refractivity contribution in [3.05, 3.63) is 71.9 Å². The molecule has 146 valence electrons. The van der Waals surface area contributed by atoms with E-state index in [1.165, 1.54) is 0 Å². The lowest BCUT2D eigenvalue weighted by molar-refractivity contribution is -0.126. The number of hydrogen-bond acceptors (Lipinski definition) is 3. The number of para-hydroxylation sites is 2. The van der Waals surface area contributed by atoms with Gasteiger partial charge in [0.05, 0.1) is 11.9 Å². The maximum Gasteiger partial charge on any atom is 0.242 e. The van der Waals surface area contributed by atoms with Crippen LogP contribution >= 0.6 is 0 Å². The van der Waals surface area contributed by atoms with Crippen molar-refractivity contribution in [3.8, 4) is 5.69 Å². The molecule has 2 aliphatic rings. The van der Waals surface area contributed by atoms with E-state index < -0.39 is 5.41 Å². The SMILES string of the molecule is CCCCN1C(=O)C2(CC(=O)Nc3c2cnn3-c2ccccc2)c2ccccc21. The Labute approximate surface area is 169 Å². The fourth-order valence-electron chi connectivity index (χ4n) is 4.55. The van der Waals surface area contributed by atoms with Gasteiger partial charge in [0.2, 0.25) is 11.8 Å². The van der Waals surface area contributed by atoms with Crippen LogP contribution in [0.25, 0.3) is 5.69 Å². The van der Waals surface area contributed by atoms with Crippen molar-refractivity contribution in [2.45, 2.75) is 31.6 Å². The van der Waals surface area contributed by atoms with Crippen LogP contribution in [0.4, 0.5) is 11.5 Å². The molecule has 1 aromatic heterocycles. The topological polar surface area (TPSA) is 67.2 Å². The van der Waals surface area contributed by atoms with Crippen LogP contribution in [0.1, 0.15) is 37.3 Å². The van der Waals surface area contributed by atoms with Gasteiger partial charge in [0, 0.05) is 24.2 Å². The number of fused-ring (bicyclic) bond motifs is 4. The fraction of sp³-hybridized carbons (Fsp3) is 0.261. The minimum absolute atomic E-state index is 0.0316. The number of hydrogen-bond donors (Lipinski definition) is 1. The fourth-order valence-corrected chi connectivity index (χ4v) is 4.55. The summed E-state index contributed by atoms with van der Waals surface area (Å²) in [5.41, 5.74) is 2.38. The molecule has 1 spiro atoms. The molecule has 0 aliphatic carbocycles. The molecule has 2 amide bonds. The number of nitrogens with one attached hydrogen (secondary N) is 1. The Morgan fingerprint density at radius 1 is 1.03 bits per heavy atom. The third-order valence-corrected chi connectivity index (χ3v) is 5.91. The van der Waals surface area contributed by atoms with Crippen molar-refractivity contribution in [2.24, 2.45) is 0 Å². The Morgan fingerprint density at radius 3 is 2.59 bits per heavy atom. The Morgan fingerprint density at radius 2 is 1.79 bits per heavy atom. The van der Waals surface area contributed by atoms with Gasteiger partial charge in [-0.1, -0.05) is 49.7 Å². The van der Waals surface area contributed by atoms with Crippen molar-refractivity contribution in [2.75, 3.05) is 16.8 Å². The standard InChI is InChI=1S/C23H22N4O2/c1-2-3-13-26-19-12-8-7-11-17(19)23(22(26)29)14-20(28)25-21-18(23)15-24-27(21)16-9-5-4-6-10-16/h4-12,15H,2-3,13-14H2,1H3,(H,25,28). The number of nitrogens with zero attached hydrogens (tertiary/aromatic N) is 3. The van der Waals surface area contributed by atoms with Crippen LogP contribution < -0.4 is 10.2 Å². The number of carbonyl (C=O) groups is 2. The van der Waals surface area contributed by atoms with Crippen molar-refractivity contribution in [1.29, 1.82) is 0 Å². The molecule has 1 N–H and O–H groups in total. The summed E-state index contributed by atoms with van der Waals surface area (Å²) in [7, 11) is 0. The van der Waals surface area contributed by atoms with E-state index in [1.807, 2.05) is 59.5 Å². The maximum atomic E-state index is 13.8. The number of rotatable bonds is 4. The van der Waals surface area contributed by atoms with Crippen molar-refractivity contribution in [1.82, 2.24) is 9.78 Å². The van der Waals surface area contributed by atoms with Gasteiger partial charge in [-0.15, -0.1) is 0 Å². The first-order valence-corrected chi connectivity index (χ1v) is 10.0. The number of anilines is 2. The van der Waals surface area contributed by atoms with Crippen LogP contribution in [0.5, 0.6) is 0 Å². The Balaban J connectivity index is 1.72. The lowest BCUT2D eigenvalue weighted by Gasteiger charge is -2.32. The number of aromatic nitrogens is 2. The van der Waals surface area contributed by atoms with E-state index in [0.29, 0.717) is 12.4 Å². The zero-order valence-electron chi connectivity index (χ0n) is 16.3. The molecular formula is C23H22N4O2. The average Bonchev–Trinajstić information content (AvgIpc) is 3.26. The molecule has 29 heavy (non-hydrogen) atoms. The summed E-state index contributed by atoms with van der Waals surface area (Å²) in [6, 6.07) is 17.5. The number of amides is 2. The van der Waals surface area contributed by atoms with E-state index in [4.69, 9.17) is 0 Å². The first-order chi connectivity index (χ1) is 14.2. The molecule has 1 unspecified atom stereocenters. The average molecular weight is 386 g/mol. The molecule has 6 heteroatoms. The molecule has 3 heterocycles. The summed E-state index contributed by atoms with van der Waals surface area (Å²) >= 11 is 0. The van der Waals surface area contributed by atoms with E-state index in [9.17, 15) is 9.59 Å². The van der Waals surface area contributed by atoms with Gasteiger partial charge < -0.3 is 10.2 Å². The van der Waals surface area contributed by atoms with Gasteiger partial charge in [0.25, 0.3) is 0 Å². The van der Waals surface area contributed by atoms with Gasteiger partial charge >= 0.3 is 0 Å². The molecule has 0 fully saturated rings.